The second-order valence-electron chi connectivity index (χ2n) is 5.90. The van der Waals surface area contributed by atoms with Crippen LogP contribution in [-0.2, 0) is 23.8 Å². The van der Waals surface area contributed by atoms with Crippen molar-refractivity contribution in [2.45, 2.75) is 32.0 Å². The highest BCUT2D eigenvalue weighted by Crippen LogP contribution is 2.25. The number of esters is 1. The Balaban J connectivity index is 1.54. The summed E-state index contributed by atoms with van der Waals surface area (Å²) >= 11 is 0. The van der Waals surface area contributed by atoms with E-state index >= 15 is 0 Å². The number of oxime groups is 1. The third-order valence-corrected chi connectivity index (χ3v) is 3.92. The topological polar surface area (TPSA) is 66.4 Å². The maximum Gasteiger partial charge on any atom is 0.366 e. The lowest BCUT2D eigenvalue weighted by atomic mass is 10.0. The minimum Gasteiger partial charge on any atom is -0.465 e. The molecule has 1 fully saturated rings. The predicted molar refractivity (Wildman–Crippen MR) is 89.7 cm³/mol. The van der Waals surface area contributed by atoms with Crippen LogP contribution in [0.25, 0.3) is 0 Å². The van der Waals surface area contributed by atoms with E-state index in [4.69, 9.17) is 14.3 Å². The summed E-state index contributed by atoms with van der Waals surface area (Å²) in [6.07, 6.45) is 4.57. The van der Waals surface area contributed by atoms with Crippen molar-refractivity contribution < 1.29 is 23.8 Å². The Morgan fingerprint density at radius 1 is 1.29 bits per heavy atom. The Labute approximate surface area is 142 Å². The Morgan fingerprint density at radius 2 is 2.00 bits per heavy atom. The van der Waals surface area contributed by atoms with Crippen molar-refractivity contribution in [2.24, 2.45) is 11.1 Å². The minimum absolute atomic E-state index is 0.288. The molecular formula is C18H25NO5. The zero-order chi connectivity index (χ0) is 17.3. The largest absolute Gasteiger partial charge is 0.465 e. The molecule has 0 radical (unpaired) electrons. The van der Waals surface area contributed by atoms with Crippen LogP contribution in [0.4, 0.5) is 0 Å². The fourth-order valence-corrected chi connectivity index (χ4v) is 2.40. The second-order valence-corrected chi connectivity index (χ2v) is 5.90. The van der Waals surface area contributed by atoms with Gasteiger partial charge in [0.15, 0.2) is 0 Å². The summed E-state index contributed by atoms with van der Waals surface area (Å²) in [4.78, 5) is 16.8. The first-order valence-corrected chi connectivity index (χ1v) is 8.21. The molecule has 1 aromatic rings. The van der Waals surface area contributed by atoms with Crippen LogP contribution in [0.3, 0.4) is 0 Å². The quantitative estimate of drug-likeness (QED) is 0.316. The van der Waals surface area contributed by atoms with E-state index < -0.39 is 11.8 Å². The fraction of sp³-hybridized carbons (Fsp3) is 0.556. The van der Waals surface area contributed by atoms with Gasteiger partial charge in [-0.1, -0.05) is 35.5 Å². The molecule has 1 aliphatic heterocycles. The molecule has 0 aliphatic carbocycles. The number of carbonyl (C=O) groups is 1. The summed E-state index contributed by atoms with van der Waals surface area (Å²) < 4.78 is 15.7. The summed E-state index contributed by atoms with van der Waals surface area (Å²) in [6, 6.07) is 9.82. The van der Waals surface area contributed by atoms with E-state index in [1.54, 1.807) is 13.1 Å². The Bertz CT molecular complexity index is 523. The van der Waals surface area contributed by atoms with E-state index in [1.165, 1.54) is 7.11 Å². The Hall–Kier alpha value is -1.92. The molecule has 0 saturated carbocycles. The number of ether oxygens (including phenoxy) is 3. The van der Waals surface area contributed by atoms with Gasteiger partial charge in [0.2, 0.25) is 0 Å². The lowest BCUT2D eigenvalue weighted by Gasteiger charge is -2.35. The molecule has 0 unspecified atom stereocenters. The van der Waals surface area contributed by atoms with Crippen LogP contribution in [0.5, 0.6) is 0 Å². The van der Waals surface area contributed by atoms with Gasteiger partial charge in [-0.2, -0.15) is 0 Å². The Morgan fingerprint density at radius 3 is 2.67 bits per heavy atom. The van der Waals surface area contributed by atoms with Gasteiger partial charge in [0.05, 0.1) is 26.5 Å². The number of hydrogen-bond donors (Lipinski definition) is 0. The third kappa shape index (κ3) is 5.62. The molecule has 24 heavy (non-hydrogen) atoms. The predicted octanol–water partition coefficient (Wildman–Crippen LogP) is 2.76. The molecule has 0 N–H and O–H groups in total. The van der Waals surface area contributed by atoms with Crippen molar-refractivity contribution in [3.05, 3.63) is 35.9 Å². The SMILES string of the molecule is COC(=O)C1(C)OCC(CCCCON=Cc2ccccc2)CO1. The maximum atomic E-state index is 11.6. The highest BCUT2D eigenvalue weighted by molar-refractivity contribution is 5.78. The van der Waals surface area contributed by atoms with E-state index in [1.807, 2.05) is 30.3 Å². The fourth-order valence-electron chi connectivity index (χ4n) is 2.40. The van der Waals surface area contributed by atoms with E-state index in [0.717, 1.165) is 24.8 Å². The molecule has 0 atom stereocenters. The summed E-state index contributed by atoms with van der Waals surface area (Å²) in [5.41, 5.74) is 1.02. The summed E-state index contributed by atoms with van der Waals surface area (Å²) in [7, 11) is 1.33. The molecule has 6 nitrogen and oxygen atoms in total. The minimum atomic E-state index is -1.26. The number of rotatable bonds is 8. The number of benzene rings is 1. The molecule has 1 aliphatic rings. The van der Waals surface area contributed by atoms with Crippen molar-refractivity contribution in [2.75, 3.05) is 26.9 Å². The van der Waals surface area contributed by atoms with Gasteiger partial charge in [0.1, 0.15) is 6.61 Å². The normalized spacial score (nSPS) is 24.0. The molecule has 2 rings (SSSR count). The number of nitrogens with zero attached hydrogens (tertiary/aromatic N) is 1. The van der Waals surface area contributed by atoms with Crippen LogP contribution < -0.4 is 0 Å². The standard InChI is InChI=1S/C18H25NO5/c1-18(17(20)21-2)22-13-16(14-23-18)10-6-7-11-24-19-12-15-8-4-3-5-9-15/h3-5,8-9,12,16H,6-7,10-11,13-14H2,1-2H3. The molecule has 1 heterocycles. The van der Waals surface area contributed by atoms with Crippen molar-refractivity contribution in [1.82, 2.24) is 0 Å². The number of hydrogen-bond acceptors (Lipinski definition) is 6. The van der Waals surface area contributed by atoms with Gasteiger partial charge >= 0.3 is 5.97 Å². The van der Waals surface area contributed by atoms with Gasteiger partial charge in [0, 0.05) is 12.8 Å². The first kappa shape index (κ1) is 18.4. The van der Waals surface area contributed by atoms with Crippen LogP contribution >= 0.6 is 0 Å². The van der Waals surface area contributed by atoms with Crippen LogP contribution in [0, 0.1) is 5.92 Å². The summed E-state index contributed by atoms with van der Waals surface area (Å²) in [5, 5.41) is 3.95. The van der Waals surface area contributed by atoms with Crippen LogP contribution in [0.15, 0.2) is 35.5 Å². The monoisotopic (exact) mass is 335 g/mol. The molecule has 6 heteroatoms. The van der Waals surface area contributed by atoms with Crippen molar-refractivity contribution in [3.63, 3.8) is 0 Å². The van der Waals surface area contributed by atoms with E-state index in [0.29, 0.717) is 19.8 Å². The van der Waals surface area contributed by atoms with Gasteiger partial charge in [0.25, 0.3) is 5.79 Å². The van der Waals surface area contributed by atoms with Gasteiger partial charge < -0.3 is 19.0 Å². The van der Waals surface area contributed by atoms with Gasteiger partial charge in [-0.05, 0) is 24.8 Å². The molecule has 1 aromatic carbocycles. The molecule has 0 bridgehead atoms. The van der Waals surface area contributed by atoms with Gasteiger partial charge in [-0.25, -0.2) is 4.79 Å². The summed E-state index contributed by atoms with van der Waals surface area (Å²) in [6.45, 7) is 3.17. The number of carbonyl (C=O) groups excluding carboxylic acids is 1. The highest BCUT2D eigenvalue weighted by atomic mass is 16.7. The second kappa shape index (κ2) is 9.39. The smallest absolute Gasteiger partial charge is 0.366 e. The first-order valence-electron chi connectivity index (χ1n) is 8.21. The first-order chi connectivity index (χ1) is 11.6. The van der Waals surface area contributed by atoms with E-state index in [-0.39, 0.29) is 5.92 Å². The average Bonchev–Trinajstić information content (AvgIpc) is 2.62. The zero-order valence-corrected chi connectivity index (χ0v) is 14.3. The van der Waals surface area contributed by atoms with Crippen molar-refractivity contribution in [3.8, 4) is 0 Å². The van der Waals surface area contributed by atoms with Crippen LogP contribution in [0.2, 0.25) is 0 Å². The number of unbranched alkanes of at least 4 members (excludes halogenated alkanes) is 1. The average molecular weight is 335 g/mol. The van der Waals surface area contributed by atoms with Crippen molar-refractivity contribution in [1.29, 1.82) is 0 Å². The van der Waals surface area contributed by atoms with Gasteiger partial charge in [-0.3, -0.25) is 0 Å². The van der Waals surface area contributed by atoms with Crippen molar-refractivity contribution >= 4 is 12.2 Å². The highest BCUT2D eigenvalue weighted by Gasteiger charge is 2.41. The lowest BCUT2D eigenvalue weighted by Crippen LogP contribution is -2.48. The number of methoxy groups -OCH3 is 1. The maximum absolute atomic E-state index is 11.6. The molecule has 132 valence electrons. The van der Waals surface area contributed by atoms with Crippen LogP contribution in [-0.4, -0.2) is 44.9 Å². The lowest BCUT2D eigenvalue weighted by molar-refractivity contribution is -0.272. The molecule has 0 amide bonds. The van der Waals surface area contributed by atoms with Crippen LogP contribution in [0.1, 0.15) is 31.7 Å². The third-order valence-electron chi connectivity index (χ3n) is 3.92. The molecule has 0 aromatic heterocycles. The Kier molecular flexibility index (Phi) is 7.21. The zero-order valence-electron chi connectivity index (χ0n) is 14.3. The van der Waals surface area contributed by atoms with E-state index in [9.17, 15) is 4.79 Å². The van der Waals surface area contributed by atoms with E-state index in [2.05, 4.69) is 9.89 Å². The molecule has 0 spiro atoms. The molecular weight excluding hydrogens is 310 g/mol. The van der Waals surface area contributed by atoms with Gasteiger partial charge in [-0.15, -0.1) is 0 Å². The molecule has 1 saturated heterocycles. The summed E-state index contributed by atoms with van der Waals surface area (Å²) in [5.74, 6) is -1.47.